The van der Waals surface area contributed by atoms with Gasteiger partial charge in [0.2, 0.25) is 0 Å². The van der Waals surface area contributed by atoms with Crippen LogP contribution in [0, 0.1) is 0 Å². The molecule has 3 rings (SSSR count). The monoisotopic (exact) mass is 344 g/mol. The van der Waals surface area contributed by atoms with E-state index in [1.807, 2.05) is 0 Å². The van der Waals surface area contributed by atoms with E-state index < -0.39 is 11.9 Å². The van der Waals surface area contributed by atoms with E-state index in [1.165, 1.54) is 13.3 Å². The van der Waals surface area contributed by atoms with Crippen LogP contribution in [-0.4, -0.2) is 17.1 Å². The van der Waals surface area contributed by atoms with Crippen molar-refractivity contribution in [2.75, 3.05) is 7.11 Å². The number of aromatic nitrogens is 2. The smallest absolute Gasteiger partial charge is 0.434 e. The minimum atomic E-state index is -4.48. The van der Waals surface area contributed by atoms with E-state index in [4.69, 9.17) is 16.3 Å². The highest BCUT2D eigenvalue weighted by Gasteiger charge is 2.34. The molecule has 2 heterocycles. The van der Waals surface area contributed by atoms with Crippen molar-refractivity contribution in [1.29, 1.82) is 0 Å². The van der Waals surface area contributed by atoms with Gasteiger partial charge < -0.3 is 4.74 Å². The van der Waals surface area contributed by atoms with Crippen molar-refractivity contribution >= 4 is 33.8 Å². The SMILES string of the molecule is COc1cccc2ncc(-c3nc(C(F)(F)F)cs3)c(Cl)c12. The molecule has 0 atom stereocenters. The Balaban J connectivity index is 2.20. The number of benzene rings is 1. The average molecular weight is 345 g/mol. The number of methoxy groups -OCH3 is 1. The summed E-state index contributed by atoms with van der Waals surface area (Å²) >= 11 is 7.22. The molecule has 0 aliphatic heterocycles. The van der Waals surface area contributed by atoms with Crippen molar-refractivity contribution in [1.82, 2.24) is 9.97 Å². The molecule has 3 nitrogen and oxygen atoms in total. The first kappa shape index (κ1) is 15.1. The number of hydrogen-bond acceptors (Lipinski definition) is 4. The molecule has 0 bridgehead atoms. The van der Waals surface area contributed by atoms with Crippen LogP contribution in [0.4, 0.5) is 13.2 Å². The summed E-state index contributed by atoms with van der Waals surface area (Å²) in [7, 11) is 1.49. The highest BCUT2D eigenvalue weighted by molar-refractivity contribution is 7.13. The van der Waals surface area contributed by atoms with Gasteiger partial charge in [-0.25, -0.2) is 4.98 Å². The second-order valence-electron chi connectivity index (χ2n) is 4.38. The topological polar surface area (TPSA) is 35.0 Å². The summed E-state index contributed by atoms with van der Waals surface area (Å²) < 4.78 is 43.2. The van der Waals surface area contributed by atoms with Crippen LogP contribution >= 0.6 is 22.9 Å². The molecule has 0 fully saturated rings. The Bertz CT molecular complexity index is 848. The quantitative estimate of drug-likeness (QED) is 0.653. The van der Waals surface area contributed by atoms with E-state index in [-0.39, 0.29) is 10.0 Å². The Morgan fingerprint density at radius 3 is 2.68 bits per heavy atom. The van der Waals surface area contributed by atoms with Crippen LogP contribution in [0.25, 0.3) is 21.5 Å². The Morgan fingerprint density at radius 2 is 2.05 bits per heavy atom. The van der Waals surface area contributed by atoms with Crippen molar-refractivity contribution in [3.63, 3.8) is 0 Å². The van der Waals surface area contributed by atoms with Crippen LogP contribution in [0.15, 0.2) is 29.8 Å². The van der Waals surface area contributed by atoms with Crippen LogP contribution in [-0.2, 0) is 6.18 Å². The molecule has 114 valence electrons. The molecule has 1 aromatic carbocycles. The number of nitrogens with zero attached hydrogens (tertiary/aromatic N) is 2. The highest BCUT2D eigenvalue weighted by atomic mass is 35.5. The van der Waals surface area contributed by atoms with Gasteiger partial charge in [0.1, 0.15) is 10.8 Å². The summed E-state index contributed by atoms with van der Waals surface area (Å²) in [5.74, 6) is 0.504. The van der Waals surface area contributed by atoms with Gasteiger partial charge in [0.15, 0.2) is 5.69 Å². The Kier molecular flexibility index (Phi) is 3.70. The van der Waals surface area contributed by atoms with Crippen LogP contribution in [0.3, 0.4) is 0 Å². The van der Waals surface area contributed by atoms with E-state index in [9.17, 15) is 13.2 Å². The molecular formula is C14H8ClF3N2OS. The number of rotatable bonds is 2. The van der Waals surface area contributed by atoms with Crippen molar-refractivity contribution in [3.8, 4) is 16.3 Å². The Labute approximate surface area is 132 Å². The number of fused-ring (bicyclic) bond motifs is 1. The number of ether oxygens (including phenoxy) is 1. The van der Waals surface area contributed by atoms with Gasteiger partial charge in [0.25, 0.3) is 0 Å². The first-order valence-corrected chi connectivity index (χ1v) is 7.32. The van der Waals surface area contributed by atoms with Crippen LogP contribution in [0.2, 0.25) is 5.02 Å². The summed E-state index contributed by atoms with van der Waals surface area (Å²) in [6.07, 6.45) is -3.06. The number of thiazole rings is 1. The third-order valence-corrected chi connectivity index (χ3v) is 4.31. The van der Waals surface area contributed by atoms with Gasteiger partial charge in [0.05, 0.1) is 23.0 Å². The fourth-order valence-electron chi connectivity index (χ4n) is 2.02. The van der Waals surface area contributed by atoms with Gasteiger partial charge in [-0.05, 0) is 12.1 Å². The predicted molar refractivity (Wildman–Crippen MR) is 79.4 cm³/mol. The second kappa shape index (κ2) is 5.40. The largest absolute Gasteiger partial charge is 0.496 e. The lowest BCUT2D eigenvalue weighted by molar-refractivity contribution is -0.140. The van der Waals surface area contributed by atoms with E-state index in [0.717, 1.165) is 16.7 Å². The lowest BCUT2D eigenvalue weighted by Crippen LogP contribution is -2.04. The first-order chi connectivity index (χ1) is 10.4. The number of hydrogen-bond donors (Lipinski definition) is 0. The fraction of sp³-hybridized carbons (Fsp3) is 0.143. The molecule has 2 aromatic heterocycles. The van der Waals surface area contributed by atoms with Gasteiger partial charge in [-0.1, -0.05) is 17.7 Å². The molecule has 0 saturated carbocycles. The first-order valence-electron chi connectivity index (χ1n) is 6.06. The summed E-state index contributed by atoms with van der Waals surface area (Å²) in [4.78, 5) is 7.82. The van der Waals surface area contributed by atoms with E-state index in [2.05, 4.69) is 9.97 Å². The van der Waals surface area contributed by atoms with E-state index in [0.29, 0.717) is 22.2 Å². The molecule has 0 N–H and O–H groups in total. The van der Waals surface area contributed by atoms with Crippen LogP contribution < -0.4 is 4.74 Å². The molecule has 8 heteroatoms. The van der Waals surface area contributed by atoms with Gasteiger partial charge in [0, 0.05) is 17.1 Å². The Morgan fingerprint density at radius 1 is 1.27 bits per heavy atom. The molecule has 0 spiro atoms. The third kappa shape index (κ3) is 2.50. The molecule has 3 aromatic rings. The fourth-order valence-corrected chi connectivity index (χ4v) is 3.25. The molecule has 0 aliphatic carbocycles. The van der Waals surface area contributed by atoms with Crippen LogP contribution in [0.1, 0.15) is 5.69 Å². The van der Waals surface area contributed by atoms with Crippen LogP contribution in [0.5, 0.6) is 5.75 Å². The van der Waals surface area contributed by atoms with Crippen molar-refractivity contribution in [2.45, 2.75) is 6.18 Å². The molecule has 0 saturated heterocycles. The van der Waals surface area contributed by atoms with Crippen molar-refractivity contribution in [2.24, 2.45) is 0 Å². The third-order valence-electron chi connectivity index (χ3n) is 3.04. The molecular weight excluding hydrogens is 337 g/mol. The van der Waals surface area contributed by atoms with Crippen molar-refractivity contribution in [3.05, 3.63) is 40.5 Å². The summed E-state index contributed by atoms with van der Waals surface area (Å²) in [5.41, 5.74) is 0.00329. The normalized spacial score (nSPS) is 11.9. The van der Waals surface area contributed by atoms with Gasteiger partial charge in [-0.3, -0.25) is 4.98 Å². The maximum Gasteiger partial charge on any atom is 0.434 e. The van der Waals surface area contributed by atoms with E-state index >= 15 is 0 Å². The lowest BCUT2D eigenvalue weighted by atomic mass is 10.1. The zero-order chi connectivity index (χ0) is 15.9. The lowest BCUT2D eigenvalue weighted by Gasteiger charge is -2.09. The standard InChI is InChI=1S/C14H8ClF3N2OS/c1-21-9-4-2-3-8-11(9)12(15)7(5-19-8)13-20-10(6-22-13)14(16,17)18/h2-6H,1H3. The number of halogens is 4. The molecule has 0 aliphatic rings. The van der Waals surface area contributed by atoms with Gasteiger partial charge in [-0.15, -0.1) is 11.3 Å². The highest BCUT2D eigenvalue weighted by Crippen LogP contribution is 2.40. The molecule has 0 amide bonds. The molecule has 0 unspecified atom stereocenters. The maximum atomic E-state index is 12.7. The van der Waals surface area contributed by atoms with Gasteiger partial charge in [-0.2, -0.15) is 13.2 Å². The molecule has 22 heavy (non-hydrogen) atoms. The summed E-state index contributed by atoms with van der Waals surface area (Å²) in [6.45, 7) is 0. The second-order valence-corrected chi connectivity index (χ2v) is 5.61. The van der Waals surface area contributed by atoms with Crippen molar-refractivity contribution < 1.29 is 17.9 Å². The summed E-state index contributed by atoms with van der Waals surface area (Å²) in [5, 5.41) is 1.94. The minimum absolute atomic E-state index is 0.164. The average Bonchev–Trinajstić information content (AvgIpc) is 2.96. The zero-order valence-corrected chi connectivity index (χ0v) is 12.7. The predicted octanol–water partition coefficient (Wildman–Crippen LogP) is 5.04. The van der Waals surface area contributed by atoms with Gasteiger partial charge >= 0.3 is 6.18 Å². The zero-order valence-electron chi connectivity index (χ0n) is 11.1. The number of alkyl halides is 3. The van der Waals surface area contributed by atoms with E-state index in [1.54, 1.807) is 18.2 Å². The minimum Gasteiger partial charge on any atom is -0.496 e. The Hall–Kier alpha value is -1.86. The summed E-state index contributed by atoms with van der Waals surface area (Å²) in [6, 6.07) is 5.22. The molecule has 0 radical (unpaired) electrons. The number of pyridine rings is 1. The maximum absolute atomic E-state index is 12.7.